The van der Waals surface area contributed by atoms with Crippen LogP contribution in [0.4, 0.5) is 0 Å². The molecule has 3 heterocycles. The van der Waals surface area contributed by atoms with Gasteiger partial charge in [-0.1, -0.05) is 94.7 Å². The van der Waals surface area contributed by atoms with Crippen LogP contribution in [0.3, 0.4) is 0 Å². The zero-order valence-corrected chi connectivity index (χ0v) is 21.7. The number of hydrogen-bond donors (Lipinski definition) is 0. The van der Waals surface area contributed by atoms with Gasteiger partial charge in [0.25, 0.3) is 0 Å². The Hall–Kier alpha value is -0.630. The largest absolute Gasteiger partial charge is 0.289 e. The number of piperidine rings is 1. The molecule has 0 spiro atoms. The average Bonchev–Trinajstić information content (AvgIpc) is 2.88. The summed E-state index contributed by atoms with van der Waals surface area (Å²) in [5.74, 6) is 2.96. The summed E-state index contributed by atoms with van der Waals surface area (Å²) in [5, 5.41) is 0. The fourth-order valence-corrected chi connectivity index (χ4v) is 8.87. The van der Waals surface area contributed by atoms with Gasteiger partial charge in [-0.05, 0) is 34.5 Å². The lowest BCUT2D eigenvalue weighted by atomic mass is 9.45. The molecule has 0 radical (unpaired) electrons. The highest BCUT2D eigenvalue weighted by atomic mass is 15.4. The number of rotatable bonds is 0. The minimum atomic E-state index is 0.202. The van der Waals surface area contributed by atoms with Gasteiger partial charge in [0, 0.05) is 40.6 Å². The van der Waals surface area contributed by atoms with E-state index in [0.717, 1.165) is 29.8 Å². The second kappa shape index (κ2) is 5.46. The van der Waals surface area contributed by atoms with Crippen LogP contribution in [-0.2, 0) is 0 Å². The quantitative estimate of drug-likeness (QED) is 0.410. The highest BCUT2D eigenvalue weighted by Gasteiger charge is 2.83. The molecule has 8 unspecified atom stereocenters. The van der Waals surface area contributed by atoms with Gasteiger partial charge in [-0.2, -0.15) is 0 Å². The molecule has 2 heteroatoms. The van der Waals surface area contributed by atoms with Crippen molar-refractivity contribution in [2.24, 2.45) is 50.3 Å². The molecule has 8 atom stereocenters. The molecule has 0 amide bonds. The Labute approximate surface area is 186 Å². The molecule has 168 valence electrons. The monoisotopic (exact) mass is 410 g/mol. The number of aliphatic imine (C=N–C) groups is 1. The van der Waals surface area contributed by atoms with Crippen molar-refractivity contribution in [3.8, 4) is 0 Å². The molecule has 1 saturated carbocycles. The topological polar surface area (TPSA) is 15.6 Å². The van der Waals surface area contributed by atoms with Crippen LogP contribution in [0.5, 0.6) is 0 Å². The van der Waals surface area contributed by atoms with Gasteiger partial charge in [0.2, 0.25) is 0 Å². The van der Waals surface area contributed by atoms with Crippen molar-refractivity contribution in [2.75, 3.05) is 0 Å². The molecule has 0 bridgehead atoms. The van der Waals surface area contributed by atoms with Crippen molar-refractivity contribution in [1.29, 1.82) is 0 Å². The van der Waals surface area contributed by atoms with Crippen molar-refractivity contribution in [3.05, 3.63) is 11.6 Å². The first-order valence-corrected chi connectivity index (χ1v) is 12.5. The lowest BCUT2D eigenvalue weighted by molar-refractivity contribution is -0.295. The molecule has 3 aliphatic heterocycles. The zero-order valence-electron chi connectivity index (χ0n) is 21.7. The van der Waals surface area contributed by atoms with Crippen molar-refractivity contribution < 1.29 is 0 Å². The van der Waals surface area contributed by atoms with Crippen LogP contribution < -0.4 is 0 Å². The maximum absolute atomic E-state index is 5.36. The van der Waals surface area contributed by atoms with Crippen molar-refractivity contribution in [3.63, 3.8) is 0 Å². The Bertz CT molecular complexity index is 834. The van der Waals surface area contributed by atoms with Gasteiger partial charge < -0.3 is 0 Å². The molecular weight excluding hydrogens is 364 g/mol. The standard InChI is InChI=1S/C28H46N2/c1-24(2,3)15-13-14-28(27(10,11)12)18(15)22-16-19(25(4,5)6)20-17(21(16)30(22)28)23(29-20)26(7,8)9/h13,16-22H,14H2,1-12H3. The Morgan fingerprint density at radius 3 is 1.93 bits per heavy atom. The lowest BCUT2D eigenvalue weighted by Crippen LogP contribution is -2.89. The van der Waals surface area contributed by atoms with Gasteiger partial charge in [-0.25, -0.2) is 0 Å². The minimum absolute atomic E-state index is 0.202. The first-order chi connectivity index (χ1) is 13.4. The maximum Gasteiger partial charge on any atom is 0.0631 e. The summed E-state index contributed by atoms with van der Waals surface area (Å²) in [4.78, 5) is 8.42. The van der Waals surface area contributed by atoms with Crippen LogP contribution in [0.15, 0.2) is 16.6 Å². The molecule has 3 fully saturated rings. The van der Waals surface area contributed by atoms with Crippen LogP contribution in [0.25, 0.3) is 0 Å². The smallest absolute Gasteiger partial charge is 0.0631 e. The maximum atomic E-state index is 5.36. The SMILES string of the molecule is CC(C)(C)C1=CCC2(C(C)(C)C)C1C1C3C(C4C(C(C)(C)C)=NC4C3C(C)(C)C)N12. The number of nitrogens with zero attached hydrogens (tertiary/aromatic N) is 2. The van der Waals surface area contributed by atoms with Crippen molar-refractivity contribution >= 4 is 5.71 Å². The predicted molar refractivity (Wildman–Crippen MR) is 128 cm³/mol. The summed E-state index contributed by atoms with van der Waals surface area (Å²) in [5.41, 5.74) is 4.68. The molecular formula is C28H46N2. The summed E-state index contributed by atoms with van der Waals surface area (Å²) in [7, 11) is 0. The van der Waals surface area contributed by atoms with Gasteiger partial charge in [0.1, 0.15) is 0 Å². The first kappa shape index (κ1) is 21.2. The van der Waals surface area contributed by atoms with Gasteiger partial charge in [0.15, 0.2) is 0 Å². The van der Waals surface area contributed by atoms with Crippen LogP contribution in [0.1, 0.15) is 89.5 Å². The van der Waals surface area contributed by atoms with E-state index in [2.05, 4.69) is 94.1 Å². The number of fused-ring (bicyclic) bond motifs is 9. The van der Waals surface area contributed by atoms with Crippen molar-refractivity contribution in [2.45, 2.75) is 113 Å². The van der Waals surface area contributed by atoms with Crippen LogP contribution >= 0.6 is 0 Å². The summed E-state index contributed by atoms with van der Waals surface area (Å²) >= 11 is 0. The molecule has 5 rings (SSSR count). The number of hydrogen-bond acceptors (Lipinski definition) is 2. The van der Waals surface area contributed by atoms with E-state index >= 15 is 0 Å². The van der Waals surface area contributed by atoms with Gasteiger partial charge in [-0.3, -0.25) is 9.89 Å². The molecule has 5 aliphatic rings. The third kappa shape index (κ3) is 2.23. The van der Waals surface area contributed by atoms with Gasteiger partial charge >= 0.3 is 0 Å². The van der Waals surface area contributed by atoms with Gasteiger partial charge in [-0.15, -0.1) is 0 Å². The molecule has 0 aromatic rings. The summed E-state index contributed by atoms with van der Waals surface area (Å²) in [6.45, 7) is 29.4. The van der Waals surface area contributed by atoms with E-state index in [-0.39, 0.29) is 10.8 Å². The Kier molecular flexibility index (Phi) is 3.87. The van der Waals surface area contributed by atoms with E-state index in [1.54, 1.807) is 5.57 Å². The minimum Gasteiger partial charge on any atom is -0.289 e. The lowest BCUT2D eigenvalue weighted by Gasteiger charge is -2.79. The van der Waals surface area contributed by atoms with Crippen LogP contribution in [0.2, 0.25) is 0 Å². The van der Waals surface area contributed by atoms with E-state index in [9.17, 15) is 0 Å². The molecule has 2 nitrogen and oxygen atoms in total. The second-order valence-corrected chi connectivity index (χ2v) is 15.4. The van der Waals surface area contributed by atoms with Gasteiger partial charge in [0.05, 0.1) is 6.04 Å². The predicted octanol–water partition coefficient (Wildman–Crippen LogP) is 6.61. The molecule has 2 saturated heterocycles. The third-order valence-corrected chi connectivity index (χ3v) is 9.77. The summed E-state index contributed by atoms with van der Waals surface area (Å²) in [6, 6.07) is 2.02. The van der Waals surface area contributed by atoms with E-state index in [0.29, 0.717) is 28.3 Å². The van der Waals surface area contributed by atoms with E-state index in [4.69, 9.17) is 4.99 Å². The Morgan fingerprint density at radius 2 is 1.47 bits per heavy atom. The first-order valence-electron chi connectivity index (χ1n) is 12.5. The normalized spacial score (nSPS) is 45.3. The highest BCUT2D eigenvalue weighted by Crippen LogP contribution is 2.76. The van der Waals surface area contributed by atoms with E-state index < -0.39 is 0 Å². The Balaban J connectivity index is 1.60. The van der Waals surface area contributed by atoms with Crippen LogP contribution in [0, 0.1) is 45.3 Å². The average molecular weight is 411 g/mol. The second-order valence-electron chi connectivity index (χ2n) is 15.4. The fraction of sp³-hybridized carbons (Fsp3) is 0.893. The molecule has 0 aromatic heterocycles. The molecule has 30 heavy (non-hydrogen) atoms. The fourth-order valence-electron chi connectivity index (χ4n) is 8.87. The van der Waals surface area contributed by atoms with Crippen molar-refractivity contribution in [1.82, 2.24) is 4.90 Å². The third-order valence-electron chi connectivity index (χ3n) is 9.77. The zero-order chi connectivity index (χ0) is 22.4. The highest BCUT2D eigenvalue weighted by molar-refractivity contribution is 5.97. The van der Waals surface area contributed by atoms with E-state index in [1.807, 2.05) is 0 Å². The summed E-state index contributed by atoms with van der Waals surface area (Å²) < 4.78 is 0. The Morgan fingerprint density at radius 1 is 0.867 bits per heavy atom. The molecule has 0 aromatic carbocycles. The molecule has 0 N–H and O–H groups in total. The summed E-state index contributed by atoms with van der Waals surface area (Å²) in [6.07, 6.45) is 3.90. The van der Waals surface area contributed by atoms with E-state index in [1.165, 1.54) is 12.1 Å². The van der Waals surface area contributed by atoms with Crippen LogP contribution in [-0.4, -0.2) is 34.3 Å². The molecule has 2 aliphatic carbocycles.